The zero-order valence-corrected chi connectivity index (χ0v) is 11.5. The number of sulfonamides is 1. The molecule has 1 aromatic carbocycles. The molecule has 0 aromatic heterocycles. The third-order valence-electron chi connectivity index (χ3n) is 3.55. The first-order valence-electron chi connectivity index (χ1n) is 6.22. The molecule has 0 spiro atoms. The summed E-state index contributed by atoms with van der Waals surface area (Å²) in [6.07, 6.45) is 1.90. The van der Waals surface area contributed by atoms with Gasteiger partial charge in [0.15, 0.2) is 0 Å². The lowest BCUT2D eigenvalue weighted by molar-refractivity contribution is -0.143. The molecule has 2 N–H and O–H groups in total. The fourth-order valence-electron chi connectivity index (χ4n) is 1.84. The maximum atomic E-state index is 12.0. The lowest BCUT2D eigenvalue weighted by atomic mass is 10.1. The Kier molecular flexibility index (Phi) is 3.64. The Labute approximate surface area is 112 Å². The summed E-state index contributed by atoms with van der Waals surface area (Å²) >= 11 is 0. The topological polar surface area (TPSA) is 83.5 Å². The molecule has 6 heteroatoms. The van der Waals surface area contributed by atoms with E-state index in [0.29, 0.717) is 12.8 Å². The largest absolute Gasteiger partial charge is 0.481 e. The van der Waals surface area contributed by atoms with Gasteiger partial charge >= 0.3 is 5.97 Å². The van der Waals surface area contributed by atoms with E-state index < -0.39 is 21.4 Å². The third-order valence-corrected chi connectivity index (χ3v) is 4.97. The van der Waals surface area contributed by atoms with Crippen LogP contribution in [0.5, 0.6) is 0 Å². The first-order chi connectivity index (χ1) is 8.89. The second-order valence-electron chi connectivity index (χ2n) is 4.91. The summed E-state index contributed by atoms with van der Waals surface area (Å²) in [4.78, 5) is 11.2. The number of benzene rings is 1. The summed E-state index contributed by atoms with van der Waals surface area (Å²) in [6.45, 7) is 1.95. The van der Waals surface area contributed by atoms with Crippen LogP contribution in [-0.4, -0.2) is 26.0 Å². The minimum Gasteiger partial charge on any atom is -0.481 e. The highest BCUT2D eigenvalue weighted by atomic mass is 32.2. The first-order valence-corrected chi connectivity index (χ1v) is 7.70. The second kappa shape index (κ2) is 4.94. The summed E-state index contributed by atoms with van der Waals surface area (Å²) in [5.74, 6) is -0.934. The van der Waals surface area contributed by atoms with Crippen LogP contribution in [0.25, 0.3) is 0 Å². The molecule has 0 heterocycles. The van der Waals surface area contributed by atoms with Crippen LogP contribution in [0.15, 0.2) is 29.2 Å². The molecular weight excluding hydrogens is 266 g/mol. The highest BCUT2D eigenvalue weighted by molar-refractivity contribution is 7.89. The van der Waals surface area contributed by atoms with Crippen LogP contribution in [0.2, 0.25) is 0 Å². The predicted octanol–water partition coefficient (Wildman–Crippen LogP) is 1.39. The predicted molar refractivity (Wildman–Crippen MR) is 70.3 cm³/mol. The van der Waals surface area contributed by atoms with Crippen molar-refractivity contribution >= 4 is 16.0 Å². The molecule has 0 radical (unpaired) electrons. The van der Waals surface area contributed by atoms with Crippen molar-refractivity contribution in [1.29, 1.82) is 0 Å². The molecule has 1 aliphatic carbocycles. The Balaban J connectivity index is 2.08. The molecule has 1 aromatic rings. The van der Waals surface area contributed by atoms with Gasteiger partial charge in [0.25, 0.3) is 0 Å². The van der Waals surface area contributed by atoms with Crippen molar-refractivity contribution in [1.82, 2.24) is 4.72 Å². The molecule has 104 valence electrons. The number of carbonyl (C=O) groups is 1. The SMILES string of the molecule is CCc1ccc(S(=O)(=O)NCC2(C(=O)O)CC2)cc1. The second-order valence-corrected chi connectivity index (χ2v) is 6.67. The Morgan fingerprint density at radius 2 is 1.89 bits per heavy atom. The minimum atomic E-state index is -3.63. The van der Waals surface area contributed by atoms with Gasteiger partial charge in [-0.3, -0.25) is 4.79 Å². The van der Waals surface area contributed by atoms with E-state index in [0.717, 1.165) is 12.0 Å². The standard InChI is InChI=1S/C13H17NO4S/c1-2-10-3-5-11(6-4-10)19(17,18)14-9-13(7-8-13)12(15)16/h3-6,14H,2,7-9H2,1H3,(H,15,16). The van der Waals surface area contributed by atoms with E-state index in [9.17, 15) is 13.2 Å². The van der Waals surface area contributed by atoms with Gasteiger partial charge in [-0.15, -0.1) is 0 Å². The van der Waals surface area contributed by atoms with E-state index in [1.54, 1.807) is 24.3 Å². The molecule has 1 aliphatic rings. The Morgan fingerprint density at radius 3 is 2.32 bits per heavy atom. The smallest absolute Gasteiger partial charge is 0.310 e. The number of rotatable bonds is 6. The molecular formula is C13H17NO4S. The number of nitrogens with one attached hydrogen (secondary N) is 1. The van der Waals surface area contributed by atoms with Gasteiger partial charge in [0.1, 0.15) is 0 Å². The molecule has 0 amide bonds. The number of hydrogen-bond acceptors (Lipinski definition) is 3. The maximum Gasteiger partial charge on any atom is 0.310 e. The number of hydrogen-bond donors (Lipinski definition) is 2. The summed E-state index contributed by atoms with van der Waals surface area (Å²) in [7, 11) is -3.63. The van der Waals surface area contributed by atoms with Crippen molar-refractivity contribution in [3.05, 3.63) is 29.8 Å². The van der Waals surface area contributed by atoms with E-state index >= 15 is 0 Å². The zero-order chi connectivity index (χ0) is 14.1. The highest BCUT2D eigenvalue weighted by Crippen LogP contribution is 2.45. The Morgan fingerprint density at radius 1 is 1.32 bits per heavy atom. The van der Waals surface area contributed by atoms with Crippen LogP contribution in [0.1, 0.15) is 25.3 Å². The van der Waals surface area contributed by atoms with E-state index in [2.05, 4.69) is 4.72 Å². The lowest BCUT2D eigenvalue weighted by Crippen LogP contribution is -2.34. The molecule has 2 rings (SSSR count). The summed E-state index contributed by atoms with van der Waals surface area (Å²) in [5.41, 5.74) is 0.166. The van der Waals surface area contributed by atoms with Gasteiger partial charge < -0.3 is 5.11 Å². The molecule has 1 saturated carbocycles. The molecule has 5 nitrogen and oxygen atoms in total. The average molecular weight is 283 g/mol. The van der Waals surface area contributed by atoms with Gasteiger partial charge in [0.2, 0.25) is 10.0 Å². The van der Waals surface area contributed by atoms with E-state index in [4.69, 9.17) is 5.11 Å². The molecule has 0 aliphatic heterocycles. The lowest BCUT2D eigenvalue weighted by Gasteiger charge is -2.11. The molecule has 19 heavy (non-hydrogen) atoms. The van der Waals surface area contributed by atoms with Crippen molar-refractivity contribution in [3.8, 4) is 0 Å². The van der Waals surface area contributed by atoms with Gasteiger partial charge in [0.05, 0.1) is 10.3 Å². The molecule has 0 atom stereocenters. The van der Waals surface area contributed by atoms with E-state index in [1.807, 2.05) is 6.92 Å². The van der Waals surface area contributed by atoms with Gasteiger partial charge in [0, 0.05) is 6.54 Å². The quantitative estimate of drug-likeness (QED) is 0.826. The normalized spacial score (nSPS) is 17.1. The minimum absolute atomic E-state index is 0.0415. The number of carboxylic acids is 1. The molecule has 0 unspecified atom stereocenters. The van der Waals surface area contributed by atoms with Crippen molar-refractivity contribution in [2.75, 3.05) is 6.54 Å². The number of carboxylic acid groups (broad SMARTS) is 1. The van der Waals surface area contributed by atoms with Crippen LogP contribution in [0.4, 0.5) is 0 Å². The van der Waals surface area contributed by atoms with Crippen molar-refractivity contribution in [2.45, 2.75) is 31.1 Å². The van der Waals surface area contributed by atoms with Crippen molar-refractivity contribution in [2.24, 2.45) is 5.41 Å². The zero-order valence-electron chi connectivity index (χ0n) is 10.7. The average Bonchev–Trinajstić information content (AvgIpc) is 3.18. The summed E-state index contributed by atoms with van der Waals surface area (Å²) < 4.78 is 26.4. The monoisotopic (exact) mass is 283 g/mol. The van der Waals surface area contributed by atoms with Crippen LogP contribution >= 0.6 is 0 Å². The van der Waals surface area contributed by atoms with Gasteiger partial charge in [-0.1, -0.05) is 19.1 Å². The fraction of sp³-hybridized carbons (Fsp3) is 0.462. The van der Waals surface area contributed by atoms with Gasteiger partial charge in [-0.2, -0.15) is 0 Å². The molecule has 0 bridgehead atoms. The van der Waals surface area contributed by atoms with E-state index in [1.165, 1.54) is 0 Å². The highest BCUT2D eigenvalue weighted by Gasteiger charge is 2.50. The van der Waals surface area contributed by atoms with Crippen LogP contribution in [-0.2, 0) is 21.2 Å². The third kappa shape index (κ3) is 2.96. The Bertz CT molecular complexity index is 573. The van der Waals surface area contributed by atoms with Gasteiger partial charge in [-0.25, -0.2) is 13.1 Å². The maximum absolute atomic E-state index is 12.0. The fourth-order valence-corrected chi connectivity index (χ4v) is 2.97. The van der Waals surface area contributed by atoms with Crippen molar-refractivity contribution in [3.63, 3.8) is 0 Å². The van der Waals surface area contributed by atoms with Crippen LogP contribution in [0.3, 0.4) is 0 Å². The summed E-state index contributed by atoms with van der Waals surface area (Å²) in [5, 5.41) is 9.00. The molecule has 1 fully saturated rings. The number of aryl methyl sites for hydroxylation is 1. The molecule has 0 saturated heterocycles. The first kappa shape index (κ1) is 14.0. The summed E-state index contributed by atoms with van der Waals surface area (Å²) in [6, 6.07) is 6.61. The number of aliphatic carboxylic acids is 1. The van der Waals surface area contributed by atoms with Gasteiger partial charge in [-0.05, 0) is 37.0 Å². The van der Waals surface area contributed by atoms with Crippen LogP contribution in [0, 0.1) is 5.41 Å². The van der Waals surface area contributed by atoms with Crippen molar-refractivity contribution < 1.29 is 18.3 Å². The van der Waals surface area contributed by atoms with E-state index in [-0.39, 0.29) is 11.4 Å². The van der Waals surface area contributed by atoms with Crippen LogP contribution < -0.4 is 4.72 Å². The Hall–Kier alpha value is -1.40.